The second-order valence-corrected chi connectivity index (χ2v) is 12.3. The molecule has 4 aliphatic rings. The van der Waals surface area contributed by atoms with E-state index in [0.29, 0.717) is 27.9 Å². The Morgan fingerprint density at radius 2 is 1.92 bits per heavy atom. The van der Waals surface area contributed by atoms with Gasteiger partial charge >= 0.3 is 0 Å². The number of nitrogens with zero attached hydrogens (tertiary/aromatic N) is 6. The molecule has 186 valence electrons. The molecule has 0 atom stereocenters. The molecule has 3 aromatic heterocycles. The van der Waals surface area contributed by atoms with Crippen molar-refractivity contribution in [2.45, 2.75) is 25.2 Å². The lowest BCUT2D eigenvalue weighted by atomic mass is 9.72. The standard InChI is InChI=1S/C26H28ClN7OS/c1-3-33-11-25(12-33)13-34(14-25)16-4-5-20(28-9-16)30-24-29-10-18(27)21(31-24)19-8-17-22(36-19)26(6-7-26)15-32(2)23(17)35/h4-5,8-10H,3,6-7,11-15H2,1-2H3,(H,28,29,30,31). The Bertz CT molecular complexity index is 1360. The number of amides is 1. The Hall–Kier alpha value is -2.75. The first kappa shape index (κ1) is 22.4. The number of nitrogens with one attached hydrogen (secondary N) is 1. The number of hydrogen-bond donors (Lipinski definition) is 1. The molecule has 6 heterocycles. The molecule has 1 amide bonds. The first-order chi connectivity index (χ1) is 17.4. The van der Waals surface area contributed by atoms with Crippen LogP contribution in [0.15, 0.2) is 30.6 Å². The van der Waals surface area contributed by atoms with Crippen molar-refractivity contribution >= 4 is 46.3 Å². The van der Waals surface area contributed by atoms with E-state index in [9.17, 15) is 4.79 Å². The number of pyridine rings is 1. The molecule has 0 aromatic carbocycles. The zero-order valence-corrected chi connectivity index (χ0v) is 22.0. The van der Waals surface area contributed by atoms with E-state index in [1.54, 1.807) is 17.5 Å². The molecule has 2 saturated heterocycles. The van der Waals surface area contributed by atoms with Crippen LogP contribution in [-0.4, -0.2) is 77.0 Å². The highest BCUT2D eigenvalue weighted by Gasteiger charge is 2.52. The van der Waals surface area contributed by atoms with E-state index in [1.807, 2.05) is 30.3 Å². The van der Waals surface area contributed by atoms with E-state index in [0.717, 1.165) is 55.1 Å². The van der Waals surface area contributed by atoms with Crippen LogP contribution >= 0.6 is 22.9 Å². The Labute approximate surface area is 219 Å². The summed E-state index contributed by atoms with van der Waals surface area (Å²) in [6, 6.07) is 6.01. The third-order valence-corrected chi connectivity index (χ3v) is 9.80. The smallest absolute Gasteiger partial charge is 0.254 e. The molecule has 10 heteroatoms. The maximum atomic E-state index is 12.8. The lowest BCUT2D eigenvalue weighted by Crippen LogP contribution is -2.72. The van der Waals surface area contributed by atoms with Crippen LogP contribution in [0, 0.1) is 5.41 Å². The average molecular weight is 522 g/mol. The van der Waals surface area contributed by atoms with Crippen molar-refractivity contribution < 1.29 is 4.79 Å². The molecule has 3 aliphatic heterocycles. The maximum Gasteiger partial charge on any atom is 0.254 e. The minimum Gasteiger partial charge on any atom is -0.369 e. The van der Waals surface area contributed by atoms with Gasteiger partial charge in [0.1, 0.15) is 11.5 Å². The topological polar surface area (TPSA) is 77.5 Å². The van der Waals surface area contributed by atoms with Crippen LogP contribution in [0.3, 0.4) is 0 Å². The van der Waals surface area contributed by atoms with Gasteiger partial charge < -0.3 is 20.0 Å². The molecule has 1 N–H and O–H groups in total. The number of fused-ring (bicyclic) bond motifs is 2. The molecule has 0 radical (unpaired) electrons. The molecular weight excluding hydrogens is 494 g/mol. The van der Waals surface area contributed by atoms with Crippen molar-refractivity contribution in [1.29, 1.82) is 0 Å². The van der Waals surface area contributed by atoms with Crippen LogP contribution in [0.1, 0.15) is 35.0 Å². The summed E-state index contributed by atoms with van der Waals surface area (Å²) in [6.07, 6.45) is 5.77. The number of hydrogen-bond acceptors (Lipinski definition) is 8. The predicted molar refractivity (Wildman–Crippen MR) is 143 cm³/mol. The number of likely N-dealkylation sites (tertiary alicyclic amines) is 1. The molecule has 0 unspecified atom stereocenters. The van der Waals surface area contributed by atoms with E-state index in [1.165, 1.54) is 18.0 Å². The van der Waals surface area contributed by atoms with Crippen molar-refractivity contribution in [2.24, 2.45) is 5.41 Å². The summed E-state index contributed by atoms with van der Waals surface area (Å²) < 4.78 is 0. The van der Waals surface area contributed by atoms with Crippen LogP contribution < -0.4 is 10.2 Å². The van der Waals surface area contributed by atoms with Gasteiger partial charge in [-0.1, -0.05) is 18.5 Å². The largest absolute Gasteiger partial charge is 0.369 e. The van der Waals surface area contributed by atoms with Crippen molar-refractivity contribution in [3.63, 3.8) is 0 Å². The summed E-state index contributed by atoms with van der Waals surface area (Å²) in [7, 11) is 1.88. The van der Waals surface area contributed by atoms with Gasteiger partial charge in [-0.05, 0) is 37.6 Å². The van der Waals surface area contributed by atoms with Crippen molar-refractivity contribution in [3.8, 4) is 10.6 Å². The van der Waals surface area contributed by atoms with E-state index in [-0.39, 0.29) is 11.3 Å². The van der Waals surface area contributed by atoms with Gasteiger partial charge in [0.05, 0.1) is 33.5 Å². The Morgan fingerprint density at radius 1 is 1.11 bits per heavy atom. The van der Waals surface area contributed by atoms with Gasteiger partial charge in [0.2, 0.25) is 5.95 Å². The monoisotopic (exact) mass is 521 g/mol. The van der Waals surface area contributed by atoms with Gasteiger partial charge in [-0.3, -0.25) is 4.79 Å². The lowest BCUT2D eigenvalue weighted by molar-refractivity contribution is -0.0178. The van der Waals surface area contributed by atoms with E-state index < -0.39 is 0 Å². The number of carbonyl (C=O) groups excluding carboxylic acids is 1. The molecular formula is C26H28ClN7OS. The molecule has 8 nitrogen and oxygen atoms in total. The third kappa shape index (κ3) is 3.51. The summed E-state index contributed by atoms with van der Waals surface area (Å²) in [5, 5.41) is 3.68. The molecule has 7 rings (SSSR count). The molecule has 36 heavy (non-hydrogen) atoms. The Kier molecular flexibility index (Phi) is 4.91. The molecule has 3 aromatic rings. The fraction of sp³-hybridized carbons (Fsp3) is 0.462. The second kappa shape index (κ2) is 7.87. The Balaban J connectivity index is 1.08. The third-order valence-electron chi connectivity index (χ3n) is 8.13. The van der Waals surface area contributed by atoms with Crippen molar-refractivity contribution in [2.75, 3.05) is 56.5 Å². The van der Waals surface area contributed by atoms with Gasteiger partial charge in [-0.15, -0.1) is 11.3 Å². The second-order valence-electron chi connectivity index (χ2n) is 10.9. The predicted octanol–water partition coefficient (Wildman–Crippen LogP) is 4.26. The van der Waals surface area contributed by atoms with E-state index >= 15 is 0 Å². The normalized spacial score (nSPS) is 21.4. The lowest BCUT2D eigenvalue weighted by Gasteiger charge is -2.61. The summed E-state index contributed by atoms with van der Waals surface area (Å²) in [6.45, 7) is 8.79. The number of aromatic nitrogens is 3. The van der Waals surface area contributed by atoms with Gasteiger partial charge in [0.15, 0.2) is 0 Å². The van der Waals surface area contributed by atoms with Crippen LogP contribution in [0.2, 0.25) is 5.02 Å². The first-order valence-electron chi connectivity index (χ1n) is 12.5. The van der Waals surface area contributed by atoms with Crippen molar-refractivity contribution in [3.05, 3.63) is 46.1 Å². The van der Waals surface area contributed by atoms with Crippen LogP contribution in [0.25, 0.3) is 10.6 Å². The number of anilines is 3. The quantitative estimate of drug-likeness (QED) is 0.537. The van der Waals surface area contributed by atoms with Crippen LogP contribution in [-0.2, 0) is 5.41 Å². The van der Waals surface area contributed by atoms with Gasteiger partial charge in [0, 0.05) is 55.5 Å². The highest BCUT2D eigenvalue weighted by molar-refractivity contribution is 7.16. The fourth-order valence-electron chi connectivity index (χ4n) is 6.03. The van der Waals surface area contributed by atoms with Gasteiger partial charge in [0.25, 0.3) is 5.91 Å². The highest BCUT2D eigenvalue weighted by atomic mass is 35.5. The number of likely N-dealkylation sites (N-methyl/N-ethyl adjacent to an activating group) is 1. The van der Waals surface area contributed by atoms with Crippen molar-refractivity contribution in [1.82, 2.24) is 24.8 Å². The van der Waals surface area contributed by atoms with Crippen LogP contribution in [0.4, 0.5) is 17.5 Å². The zero-order valence-electron chi connectivity index (χ0n) is 20.4. The van der Waals surface area contributed by atoms with E-state index in [4.69, 9.17) is 16.6 Å². The first-order valence-corrected chi connectivity index (χ1v) is 13.7. The van der Waals surface area contributed by atoms with E-state index in [2.05, 4.69) is 38.1 Å². The van der Waals surface area contributed by atoms with Crippen LogP contribution in [0.5, 0.6) is 0 Å². The summed E-state index contributed by atoms with van der Waals surface area (Å²) >= 11 is 8.16. The number of halogens is 1. The molecule has 1 aliphatic carbocycles. The molecule has 3 fully saturated rings. The SMILES string of the molecule is CCN1CC2(C1)CN(c1ccc(Nc3ncc(Cl)c(-c4cc5c(s4)C4(CC4)CN(C)C5=O)n3)nc1)C2. The molecule has 1 saturated carbocycles. The summed E-state index contributed by atoms with van der Waals surface area (Å²) in [5.74, 6) is 1.19. The highest BCUT2D eigenvalue weighted by Crippen LogP contribution is 2.56. The maximum absolute atomic E-state index is 12.8. The minimum absolute atomic E-state index is 0.0750. The molecule has 2 spiro atoms. The minimum atomic E-state index is 0.0750. The molecule has 0 bridgehead atoms. The summed E-state index contributed by atoms with van der Waals surface area (Å²) in [5.41, 5.74) is 3.19. The zero-order chi connectivity index (χ0) is 24.7. The number of thiophene rings is 1. The van der Waals surface area contributed by atoms with Gasteiger partial charge in [-0.2, -0.15) is 0 Å². The van der Waals surface area contributed by atoms with Gasteiger partial charge in [-0.25, -0.2) is 15.0 Å². The summed E-state index contributed by atoms with van der Waals surface area (Å²) in [4.78, 5) is 35.3. The number of rotatable bonds is 5. The fourth-order valence-corrected chi connectivity index (χ4v) is 7.67. The Morgan fingerprint density at radius 3 is 2.61 bits per heavy atom. The number of carbonyl (C=O) groups is 1. The average Bonchev–Trinajstić information content (AvgIpc) is 3.44.